The molecular formula is C17H13ClS2. The van der Waals surface area contributed by atoms with Gasteiger partial charge >= 0.3 is 0 Å². The molecule has 1 aliphatic heterocycles. The van der Waals surface area contributed by atoms with Crippen molar-refractivity contribution in [2.45, 2.75) is 4.08 Å². The average molecular weight is 317 g/mol. The maximum absolute atomic E-state index is 6.77. The highest BCUT2D eigenvalue weighted by molar-refractivity contribution is 8.21. The van der Waals surface area contributed by atoms with E-state index >= 15 is 0 Å². The summed E-state index contributed by atoms with van der Waals surface area (Å²) in [4.78, 5) is 0. The summed E-state index contributed by atoms with van der Waals surface area (Å²) in [6.07, 6.45) is 0. The van der Waals surface area contributed by atoms with Gasteiger partial charge in [0.25, 0.3) is 0 Å². The molecule has 0 saturated carbocycles. The average Bonchev–Trinajstić information content (AvgIpc) is 3.07. The molecule has 0 N–H and O–H groups in total. The lowest BCUT2D eigenvalue weighted by Crippen LogP contribution is -2.13. The van der Waals surface area contributed by atoms with Gasteiger partial charge in [-0.15, -0.1) is 23.5 Å². The van der Waals surface area contributed by atoms with E-state index in [4.69, 9.17) is 11.6 Å². The van der Waals surface area contributed by atoms with Crippen LogP contribution in [0.15, 0.2) is 54.6 Å². The minimum absolute atomic E-state index is 0.00493. The summed E-state index contributed by atoms with van der Waals surface area (Å²) in [6.45, 7) is 0. The molecule has 0 bridgehead atoms. The van der Waals surface area contributed by atoms with Crippen LogP contribution >= 0.6 is 35.1 Å². The van der Waals surface area contributed by atoms with E-state index in [1.165, 1.54) is 33.8 Å². The summed E-state index contributed by atoms with van der Waals surface area (Å²) in [6, 6.07) is 19.2. The summed E-state index contributed by atoms with van der Waals surface area (Å²) in [5, 5.41) is 0.925. The molecule has 1 fully saturated rings. The van der Waals surface area contributed by atoms with Gasteiger partial charge in [-0.2, -0.15) is 0 Å². The molecule has 1 spiro atoms. The fourth-order valence-electron chi connectivity index (χ4n) is 3.01. The Kier molecular flexibility index (Phi) is 3.13. The highest BCUT2D eigenvalue weighted by Crippen LogP contribution is 2.66. The number of benzene rings is 2. The Labute approximate surface area is 132 Å². The molecular weight excluding hydrogens is 304 g/mol. The van der Waals surface area contributed by atoms with Gasteiger partial charge in [0.15, 0.2) is 0 Å². The Morgan fingerprint density at radius 3 is 2.25 bits per heavy atom. The number of rotatable bonds is 1. The Bertz CT molecular complexity index is 685. The highest BCUT2D eigenvalue weighted by atomic mass is 35.5. The third kappa shape index (κ3) is 1.71. The topological polar surface area (TPSA) is 0 Å². The van der Waals surface area contributed by atoms with E-state index < -0.39 is 0 Å². The number of fused-ring (bicyclic) bond motifs is 2. The molecule has 100 valence electrons. The van der Waals surface area contributed by atoms with Crippen LogP contribution in [0, 0.1) is 0 Å². The number of hydrogen-bond donors (Lipinski definition) is 0. The molecule has 0 aromatic heterocycles. The van der Waals surface area contributed by atoms with Crippen molar-refractivity contribution < 1.29 is 0 Å². The summed E-state index contributed by atoms with van der Waals surface area (Å²) < 4.78 is -0.00493. The van der Waals surface area contributed by atoms with Gasteiger partial charge in [-0.25, -0.2) is 0 Å². The SMILES string of the molecule is ClC1=C(c2ccccc2)C2(SCCS2)c2ccccc21. The monoisotopic (exact) mass is 316 g/mol. The quantitative estimate of drug-likeness (QED) is 0.687. The Balaban J connectivity index is 2.00. The first kappa shape index (κ1) is 12.9. The van der Waals surface area contributed by atoms with Gasteiger partial charge in [0.05, 0.1) is 5.03 Å². The molecule has 3 heteroatoms. The van der Waals surface area contributed by atoms with Crippen molar-refractivity contribution in [3.05, 3.63) is 71.3 Å². The Morgan fingerprint density at radius 2 is 1.50 bits per heavy atom. The molecule has 2 aliphatic rings. The molecule has 2 aromatic carbocycles. The standard InChI is InChI=1S/C17H13ClS2/c18-16-13-8-4-5-9-14(13)17(19-10-11-20-17)15(16)12-6-2-1-3-7-12/h1-9H,10-11H2. The molecule has 0 unspecified atom stereocenters. The molecule has 20 heavy (non-hydrogen) atoms. The van der Waals surface area contributed by atoms with Crippen LogP contribution in [0.2, 0.25) is 0 Å². The van der Waals surface area contributed by atoms with Crippen molar-refractivity contribution in [2.24, 2.45) is 0 Å². The van der Waals surface area contributed by atoms with Crippen LogP contribution in [0.3, 0.4) is 0 Å². The Hall–Kier alpha value is -0.830. The Morgan fingerprint density at radius 1 is 0.850 bits per heavy atom. The van der Waals surface area contributed by atoms with Gasteiger partial charge in [-0.05, 0) is 16.7 Å². The number of halogens is 1. The van der Waals surface area contributed by atoms with E-state index in [2.05, 4.69) is 54.6 Å². The van der Waals surface area contributed by atoms with E-state index in [-0.39, 0.29) is 4.08 Å². The van der Waals surface area contributed by atoms with Crippen molar-refractivity contribution in [2.75, 3.05) is 11.5 Å². The second-order valence-electron chi connectivity index (χ2n) is 4.91. The maximum Gasteiger partial charge on any atom is 0.114 e. The molecule has 0 amide bonds. The van der Waals surface area contributed by atoms with E-state index in [9.17, 15) is 0 Å². The lowest BCUT2D eigenvalue weighted by molar-refractivity contribution is 1.20. The molecule has 1 saturated heterocycles. The highest BCUT2D eigenvalue weighted by Gasteiger charge is 2.48. The number of hydrogen-bond acceptors (Lipinski definition) is 2. The minimum atomic E-state index is -0.00493. The van der Waals surface area contributed by atoms with E-state index in [0.29, 0.717) is 0 Å². The third-order valence-electron chi connectivity index (χ3n) is 3.82. The second kappa shape index (κ2) is 4.87. The molecule has 1 aliphatic carbocycles. The van der Waals surface area contributed by atoms with Crippen LogP contribution in [0.1, 0.15) is 16.7 Å². The van der Waals surface area contributed by atoms with Crippen LogP contribution in [-0.4, -0.2) is 11.5 Å². The van der Waals surface area contributed by atoms with Crippen molar-refractivity contribution in [3.8, 4) is 0 Å². The van der Waals surface area contributed by atoms with Gasteiger partial charge in [0.2, 0.25) is 0 Å². The third-order valence-corrected chi connectivity index (χ3v) is 7.66. The normalized spacial score (nSPS) is 19.6. The van der Waals surface area contributed by atoms with Crippen molar-refractivity contribution in [3.63, 3.8) is 0 Å². The van der Waals surface area contributed by atoms with Crippen molar-refractivity contribution in [1.29, 1.82) is 0 Å². The fraction of sp³-hybridized carbons (Fsp3) is 0.176. The molecule has 0 radical (unpaired) electrons. The zero-order valence-corrected chi connectivity index (χ0v) is 13.2. The van der Waals surface area contributed by atoms with E-state index in [1.807, 2.05) is 23.5 Å². The molecule has 0 atom stereocenters. The van der Waals surface area contributed by atoms with Crippen molar-refractivity contribution in [1.82, 2.24) is 0 Å². The summed E-state index contributed by atoms with van der Waals surface area (Å²) >= 11 is 10.8. The summed E-state index contributed by atoms with van der Waals surface area (Å²) in [7, 11) is 0. The lowest BCUT2D eigenvalue weighted by Gasteiger charge is -2.27. The van der Waals surface area contributed by atoms with E-state index in [0.717, 1.165) is 5.03 Å². The van der Waals surface area contributed by atoms with Gasteiger partial charge in [0.1, 0.15) is 4.08 Å². The predicted octanol–water partition coefficient (Wildman–Crippen LogP) is 5.44. The van der Waals surface area contributed by atoms with Crippen LogP contribution < -0.4 is 0 Å². The van der Waals surface area contributed by atoms with E-state index in [1.54, 1.807) is 0 Å². The predicted molar refractivity (Wildman–Crippen MR) is 92.1 cm³/mol. The first-order valence-corrected chi connectivity index (χ1v) is 9.01. The zero-order valence-electron chi connectivity index (χ0n) is 10.8. The molecule has 1 heterocycles. The molecule has 4 rings (SSSR count). The fourth-order valence-corrected chi connectivity index (χ4v) is 7.01. The smallest absolute Gasteiger partial charge is 0.114 e. The van der Waals surface area contributed by atoms with Crippen LogP contribution in [0.25, 0.3) is 10.6 Å². The zero-order chi connectivity index (χ0) is 13.6. The van der Waals surface area contributed by atoms with Crippen LogP contribution in [0.4, 0.5) is 0 Å². The van der Waals surface area contributed by atoms with Gasteiger partial charge in [-0.3, -0.25) is 0 Å². The minimum Gasteiger partial charge on any atom is -0.134 e. The van der Waals surface area contributed by atoms with Crippen molar-refractivity contribution >= 4 is 45.7 Å². The van der Waals surface area contributed by atoms with Crippen LogP contribution in [-0.2, 0) is 4.08 Å². The van der Waals surface area contributed by atoms with Crippen LogP contribution in [0.5, 0.6) is 0 Å². The lowest BCUT2D eigenvalue weighted by atomic mass is 10.0. The van der Waals surface area contributed by atoms with Gasteiger partial charge in [0, 0.05) is 17.1 Å². The first-order chi connectivity index (χ1) is 9.83. The second-order valence-corrected chi connectivity index (χ2v) is 8.17. The largest absolute Gasteiger partial charge is 0.134 e. The summed E-state index contributed by atoms with van der Waals surface area (Å²) in [5.74, 6) is 2.36. The van der Waals surface area contributed by atoms with Gasteiger partial charge < -0.3 is 0 Å². The number of thioether (sulfide) groups is 2. The van der Waals surface area contributed by atoms with Gasteiger partial charge in [-0.1, -0.05) is 66.2 Å². The maximum atomic E-state index is 6.77. The first-order valence-electron chi connectivity index (χ1n) is 6.66. The molecule has 2 aromatic rings. The molecule has 0 nitrogen and oxygen atoms in total. The summed E-state index contributed by atoms with van der Waals surface area (Å²) in [5.41, 5.74) is 5.11.